The van der Waals surface area contributed by atoms with E-state index in [4.69, 9.17) is 0 Å². The molecule has 1 aliphatic rings. The third-order valence-electron chi connectivity index (χ3n) is 5.44. The highest BCUT2D eigenvalue weighted by molar-refractivity contribution is 7.89. The highest BCUT2D eigenvalue weighted by Crippen LogP contribution is 2.24. The second-order valence-corrected chi connectivity index (χ2v) is 9.89. The maximum absolute atomic E-state index is 13.4. The fraction of sp³-hybridized carbons (Fsp3) is 0.304. The number of anilines is 3. The molecule has 32 heavy (non-hydrogen) atoms. The van der Waals surface area contributed by atoms with Gasteiger partial charge in [0.2, 0.25) is 16.0 Å². The second kappa shape index (κ2) is 8.84. The third kappa shape index (κ3) is 4.73. The lowest BCUT2D eigenvalue weighted by molar-refractivity contribution is 0.382. The molecular formula is C23H26FN5O2S. The first-order chi connectivity index (χ1) is 15.2. The number of aromatic nitrogens is 2. The molecule has 2 aromatic carbocycles. The van der Waals surface area contributed by atoms with Gasteiger partial charge in [-0.3, -0.25) is 0 Å². The van der Waals surface area contributed by atoms with Crippen LogP contribution >= 0.6 is 0 Å². The summed E-state index contributed by atoms with van der Waals surface area (Å²) in [6.07, 6.45) is 0. The standard InChI is InChI=1S/C23H26FN5O2S/c1-16-4-7-20(8-5-16)26-22-15-18(3)25-23(27-22)28-10-12-29(13-11-28)32(30,31)21-9-6-19(24)14-17(21)2/h4-9,14-15H,10-13H2,1-3H3,(H,25,26,27). The Morgan fingerprint density at radius 2 is 1.59 bits per heavy atom. The monoisotopic (exact) mass is 455 g/mol. The van der Waals surface area contributed by atoms with Crippen molar-refractivity contribution < 1.29 is 12.8 Å². The molecule has 1 N–H and O–H groups in total. The molecule has 0 atom stereocenters. The molecule has 0 amide bonds. The van der Waals surface area contributed by atoms with Gasteiger partial charge in [-0.15, -0.1) is 0 Å². The molecule has 1 aromatic heterocycles. The molecular weight excluding hydrogens is 429 g/mol. The zero-order valence-corrected chi connectivity index (χ0v) is 19.2. The summed E-state index contributed by atoms with van der Waals surface area (Å²) in [4.78, 5) is 11.3. The number of nitrogens with one attached hydrogen (secondary N) is 1. The van der Waals surface area contributed by atoms with Gasteiger partial charge < -0.3 is 10.2 Å². The lowest BCUT2D eigenvalue weighted by Crippen LogP contribution is -2.49. The molecule has 3 aromatic rings. The van der Waals surface area contributed by atoms with Gasteiger partial charge in [0, 0.05) is 43.6 Å². The van der Waals surface area contributed by atoms with E-state index in [1.165, 1.54) is 28.1 Å². The van der Waals surface area contributed by atoms with Gasteiger partial charge in [-0.05, 0) is 56.7 Å². The first kappa shape index (κ1) is 22.2. The van der Waals surface area contributed by atoms with Gasteiger partial charge in [0.15, 0.2) is 0 Å². The van der Waals surface area contributed by atoms with Gasteiger partial charge >= 0.3 is 0 Å². The lowest BCUT2D eigenvalue weighted by atomic mass is 10.2. The first-order valence-electron chi connectivity index (χ1n) is 10.4. The molecule has 1 aliphatic heterocycles. The number of aryl methyl sites for hydroxylation is 3. The van der Waals surface area contributed by atoms with Crippen molar-refractivity contribution in [2.75, 3.05) is 36.4 Å². The maximum Gasteiger partial charge on any atom is 0.243 e. The zero-order valence-electron chi connectivity index (χ0n) is 18.3. The van der Waals surface area contributed by atoms with E-state index in [-0.39, 0.29) is 4.90 Å². The van der Waals surface area contributed by atoms with Gasteiger partial charge in [-0.25, -0.2) is 17.8 Å². The molecule has 0 bridgehead atoms. The van der Waals surface area contributed by atoms with Crippen molar-refractivity contribution >= 4 is 27.5 Å². The van der Waals surface area contributed by atoms with Gasteiger partial charge in [-0.2, -0.15) is 9.29 Å². The summed E-state index contributed by atoms with van der Waals surface area (Å²) in [5, 5.41) is 3.30. The molecule has 0 spiro atoms. The van der Waals surface area contributed by atoms with Crippen molar-refractivity contribution in [3.63, 3.8) is 0 Å². The molecule has 168 valence electrons. The Balaban J connectivity index is 1.48. The van der Waals surface area contributed by atoms with Gasteiger partial charge in [0.05, 0.1) is 4.90 Å². The maximum atomic E-state index is 13.4. The predicted molar refractivity (Wildman–Crippen MR) is 123 cm³/mol. The highest BCUT2D eigenvalue weighted by atomic mass is 32.2. The Labute approximate surface area is 188 Å². The van der Waals surface area contributed by atoms with Crippen LogP contribution in [0.1, 0.15) is 16.8 Å². The molecule has 0 radical (unpaired) electrons. The molecule has 4 rings (SSSR count). The van der Waals surface area contributed by atoms with E-state index in [1.807, 2.05) is 49.1 Å². The normalized spacial score (nSPS) is 15.1. The van der Waals surface area contributed by atoms with Crippen molar-refractivity contribution in [3.8, 4) is 0 Å². The second-order valence-electron chi connectivity index (χ2n) is 7.99. The summed E-state index contributed by atoms with van der Waals surface area (Å²) in [5.41, 5.74) is 3.34. The number of halogens is 1. The van der Waals surface area contributed by atoms with Crippen LogP contribution in [0.5, 0.6) is 0 Å². The van der Waals surface area contributed by atoms with E-state index in [0.29, 0.717) is 43.5 Å². The van der Waals surface area contributed by atoms with Crippen LogP contribution in [0.2, 0.25) is 0 Å². The van der Waals surface area contributed by atoms with E-state index >= 15 is 0 Å². The van der Waals surface area contributed by atoms with Gasteiger partial charge in [0.1, 0.15) is 11.6 Å². The Bertz CT molecular complexity index is 1220. The molecule has 2 heterocycles. The van der Waals surface area contributed by atoms with Crippen molar-refractivity contribution in [1.29, 1.82) is 0 Å². The number of sulfonamides is 1. The Kier molecular flexibility index (Phi) is 6.12. The predicted octanol–water partition coefficient (Wildman–Crippen LogP) is 3.80. The molecule has 1 fully saturated rings. The summed E-state index contributed by atoms with van der Waals surface area (Å²) >= 11 is 0. The van der Waals surface area contributed by atoms with E-state index in [1.54, 1.807) is 6.92 Å². The fourth-order valence-electron chi connectivity index (χ4n) is 3.71. The van der Waals surface area contributed by atoms with Crippen LogP contribution in [0.25, 0.3) is 0 Å². The minimum absolute atomic E-state index is 0.142. The SMILES string of the molecule is Cc1ccc(Nc2cc(C)nc(N3CCN(S(=O)(=O)c4ccc(F)cc4C)CC3)n2)cc1. The first-order valence-corrected chi connectivity index (χ1v) is 11.9. The molecule has 0 saturated carbocycles. The quantitative estimate of drug-likeness (QED) is 0.631. The van der Waals surface area contributed by atoms with Crippen LogP contribution in [-0.2, 0) is 10.0 Å². The Morgan fingerprint density at radius 1 is 0.906 bits per heavy atom. The zero-order chi connectivity index (χ0) is 22.9. The summed E-state index contributed by atoms with van der Waals surface area (Å²) in [6, 6.07) is 13.7. The van der Waals surface area contributed by atoms with Crippen LogP contribution in [0.3, 0.4) is 0 Å². The topological polar surface area (TPSA) is 78.4 Å². The summed E-state index contributed by atoms with van der Waals surface area (Å²) in [7, 11) is -3.69. The minimum Gasteiger partial charge on any atom is -0.340 e. The molecule has 0 aliphatic carbocycles. The fourth-order valence-corrected chi connectivity index (χ4v) is 5.34. The number of benzene rings is 2. The average molecular weight is 456 g/mol. The van der Waals surface area contributed by atoms with Crippen LogP contribution in [0, 0.1) is 26.6 Å². The van der Waals surface area contributed by atoms with Crippen molar-refractivity contribution in [1.82, 2.24) is 14.3 Å². The van der Waals surface area contributed by atoms with E-state index in [2.05, 4.69) is 15.3 Å². The minimum atomic E-state index is -3.69. The van der Waals surface area contributed by atoms with Gasteiger partial charge in [-0.1, -0.05) is 17.7 Å². The summed E-state index contributed by atoms with van der Waals surface area (Å²) in [6.45, 7) is 7.08. The number of nitrogens with zero attached hydrogens (tertiary/aromatic N) is 4. The van der Waals surface area contributed by atoms with Crippen molar-refractivity contribution in [3.05, 3.63) is 71.2 Å². The highest BCUT2D eigenvalue weighted by Gasteiger charge is 2.30. The van der Waals surface area contributed by atoms with Crippen molar-refractivity contribution in [2.45, 2.75) is 25.7 Å². The summed E-state index contributed by atoms with van der Waals surface area (Å²) in [5.74, 6) is 0.806. The van der Waals surface area contributed by atoms with Crippen LogP contribution in [0.4, 0.5) is 21.8 Å². The van der Waals surface area contributed by atoms with Crippen LogP contribution < -0.4 is 10.2 Å². The summed E-state index contributed by atoms with van der Waals surface area (Å²) < 4.78 is 40.9. The average Bonchev–Trinajstić information content (AvgIpc) is 2.75. The smallest absolute Gasteiger partial charge is 0.243 e. The Morgan fingerprint density at radius 3 is 2.25 bits per heavy atom. The number of rotatable bonds is 5. The van der Waals surface area contributed by atoms with E-state index < -0.39 is 15.8 Å². The van der Waals surface area contributed by atoms with E-state index in [9.17, 15) is 12.8 Å². The van der Waals surface area contributed by atoms with Crippen LogP contribution in [0.15, 0.2) is 53.4 Å². The largest absolute Gasteiger partial charge is 0.340 e. The van der Waals surface area contributed by atoms with Gasteiger partial charge in [0.25, 0.3) is 0 Å². The van der Waals surface area contributed by atoms with E-state index in [0.717, 1.165) is 11.4 Å². The molecule has 9 heteroatoms. The molecule has 1 saturated heterocycles. The lowest BCUT2D eigenvalue weighted by Gasteiger charge is -2.34. The number of hydrogen-bond acceptors (Lipinski definition) is 6. The van der Waals surface area contributed by atoms with Crippen molar-refractivity contribution in [2.24, 2.45) is 0 Å². The van der Waals surface area contributed by atoms with Crippen LogP contribution in [-0.4, -0.2) is 48.9 Å². The molecule has 0 unspecified atom stereocenters. The Hall–Kier alpha value is -3.04. The molecule has 7 nitrogen and oxygen atoms in total. The third-order valence-corrected chi connectivity index (χ3v) is 7.50. The number of piperazine rings is 1. The number of hydrogen-bond donors (Lipinski definition) is 1.